The fraction of sp³-hybridized carbons (Fsp3) is 0.364. The van der Waals surface area contributed by atoms with Crippen LogP contribution < -0.4 is 4.74 Å². The van der Waals surface area contributed by atoms with Crippen LogP contribution in [-0.4, -0.2) is 27.9 Å². The van der Waals surface area contributed by atoms with Gasteiger partial charge in [-0.1, -0.05) is 0 Å². The molecule has 16 heavy (non-hydrogen) atoms. The molecule has 0 aromatic heterocycles. The summed E-state index contributed by atoms with van der Waals surface area (Å²) in [6.45, 7) is 0.0269. The summed E-state index contributed by atoms with van der Waals surface area (Å²) in [5.41, 5.74) is -0.729. The van der Waals surface area contributed by atoms with Crippen LogP contribution in [0.25, 0.3) is 0 Å². The smallest absolute Gasteiger partial charge is 0.303 e. The zero-order valence-electron chi connectivity index (χ0n) is 8.51. The van der Waals surface area contributed by atoms with Crippen molar-refractivity contribution in [1.29, 1.82) is 0 Å². The highest BCUT2D eigenvalue weighted by atomic mass is 16.5. The number of fused-ring (bicyclic) bond motifs is 1. The number of hydrogen-bond acceptors (Lipinski definition) is 4. The SMILES string of the molecule is O=C(O)CCC1(O)COc2cc(O)ccc21. The van der Waals surface area contributed by atoms with E-state index in [1.54, 1.807) is 6.07 Å². The number of aliphatic hydroxyl groups is 1. The van der Waals surface area contributed by atoms with Crippen molar-refractivity contribution in [2.45, 2.75) is 18.4 Å². The Balaban J connectivity index is 2.24. The first kappa shape index (κ1) is 10.8. The zero-order chi connectivity index (χ0) is 11.8. The molecule has 0 amide bonds. The van der Waals surface area contributed by atoms with Gasteiger partial charge in [0.05, 0.1) is 0 Å². The molecule has 1 heterocycles. The third-order valence-electron chi connectivity index (χ3n) is 2.69. The number of aromatic hydroxyl groups is 1. The second-order valence-electron chi connectivity index (χ2n) is 3.89. The predicted molar refractivity (Wildman–Crippen MR) is 54.4 cm³/mol. The third-order valence-corrected chi connectivity index (χ3v) is 2.69. The molecule has 1 aromatic carbocycles. The topological polar surface area (TPSA) is 87.0 Å². The molecule has 2 rings (SSSR count). The van der Waals surface area contributed by atoms with E-state index in [1.165, 1.54) is 12.1 Å². The first-order valence-electron chi connectivity index (χ1n) is 4.92. The van der Waals surface area contributed by atoms with Crippen LogP contribution in [0.2, 0.25) is 0 Å². The van der Waals surface area contributed by atoms with E-state index in [0.29, 0.717) is 11.3 Å². The summed E-state index contributed by atoms with van der Waals surface area (Å²) in [5.74, 6) is -0.491. The molecular formula is C11H12O5. The number of carboxylic acid groups (broad SMARTS) is 1. The number of rotatable bonds is 3. The first-order valence-corrected chi connectivity index (χ1v) is 4.92. The van der Waals surface area contributed by atoms with Crippen LogP contribution in [0, 0.1) is 0 Å². The average molecular weight is 224 g/mol. The van der Waals surface area contributed by atoms with Crippen LogP contribution in [0.4, 0.5) is 0 Å². The van der Waals surface area contributed by atoms with Crippen LogP contribution in [0.1, 0.15) is 18.4 Å². The lowest BCUT2D eigenvalue weighted by Crippen LogP contribution is -2.28. The Labute approximate surface area is 91.9 Å². The van der Waals surface area contributed by atoms with Gasteiger partial charge in [0.2, 0.25) is 0 Å². The van der Waals surface area contributed by atoms with Gasteiger partial charge in [0, 0.05) is 18.1 Å². The molecule has 0 spiro atoms. The summed E-state index contributed by atoms with van der Waals surface area (Å²) in [4.78, 5) is 10.5. The molecule has 1 aromatic rings. The highest BCUT2D eigenvalue weighted by molar-refractivity contribution is 5.67. The Bertz CT molecular complexity index is 428. The number of ether oxygens (including phenoxy) is 1. The Morgan fingerprint density at radius 3 is 2.94 bits per heavy atom. The van der Waals surface area contributed by atoms with E-state index in [1.807, 2.05) is 0 Å². The Kier molecular flexibility index (Phi) is 2.47. The Hall–Kier alpha value is -1.75. The van der Waals surface area contributed by atoms with Crippen LogP contribution in [0.3, 0.4) is 0 Å². The quantitative estimate of drug-likeness (QED) is 0.708. The standard InChI is InChI=1S/C11H12O5/c12-7-1-2-8-9(5-7)16-6-11(8,15)4-3-10(13)14/h1-2,5,12,15H,3-4,6H2,(H,13,14). The van der Waals surface area contributed by atoms with Crippen LogP contribution in [-0.2, 0) is 10.4 Å². The molecule has 0 saturated heterocycles. The second kappa shape index (κ2) is 3.68. The molecular weight excluding hydrogens is 212 g/mol. The molecule has 0 bridgehead atoms. The summed E-state index contributed by atoms with van der Waals surface area (Å²) in [6, 6.07) is 4.41. The van der Waals surface area contributed by atoms with Gasteiger partial charge in [0.1, 0.15) is 23.7 Å². The zero-order valence-corrected chi connectivity index (χ0v) is 8.51. The van der Waals surface area contributed by atoms with Crippen molar-refractivity contribution in [3.8, 4) is 11.5 Å². The molecule has 0 radical (unpaired) electrons. The van der Waals surface area contributed by atoms with Crippen LogP contribution in [0.15, 0.2) is 18.2 Å². The Morgan fingerprint density at radius 2 is 2.25 bits per heavy atom. The van der Waals surface area contributed by atoms with Gasteiger partial charge in [-0.3, -0.25) is 4.79 Å². The monoisotopic (exact) mass is 224 g/mol. The van der Waals surface area contributed by atoms with Gasteiger partial charge in [0.25, 0.3) is 0 Å². The number of phenolic OH excluding ortho intramolecular Hbond substituents is 1. The second-order valence-corrected chi connectivity index (χ2v) is 3.89. The van der Waals surface area contributed by atoms with Crippen molar-refractivity contribution < 1.29 is 24.9 Å². The molecule has 0 aliphatic carbocycles. The number of phenols is 1. The molecule has 86 valence electrons. The molecule has 0 saturated carbocycles. The van der Waals surface area contributed by atoms with E-state index in [0.717, 1.165) is 0 Å². The minimum absolute atomic E-state index is 0.0269. The van der Waals surface area contributed by atoms with E-state index in [2.05, 4.69) is 0 Å². The van der Waals surface area contributed by atoms with Gasteiger partial charge in [-0.05, 0) is 18.6 Å². The third kappa shape index (κ3) is 1.81. The van der Waals surface area contributed by atoms with E-state index in [-0.39, 0.29) is 25.2 Å². The molecule has 3 N–H and O–H groups in total. The Morgan fingerprint density at radius 1 is 1.50 bits per heavy atom. The van der Waals surface area contributed by atoms with Crippen LogP contribution in [0.5, 0.6) is 11.5 Å². The molecule has 1 atom stereocenters. The normalized spacial score (nSPS) is 22.6. The van der Waals surface area contributed by atoms with Gasteiger partial charge < -0.3 is 20.1 Å². The maximum absolute atomic E-state index is 10.5. The number of benzene rings is 1. The van der Waals surface area contributed by atoms with E-state index in [4.69, 9.17) is 9.84 Å². The van der Waals surface area contributed by atoms with E-state index >= 15 is 0 Å². The molecule has 5 heteroatoms. The molecule has 1 aliphatic rings. The highest BCUT2D eigenvalue weighted by Crippen LogP contribution is 2.41. The minimum Gasteiger partial charge on any atom is -0.508 e. The first-order chi connectivity index (χ1) is 7.51. The van der Waals surface area contributed by atoms with Crippen molar-refractivity contribution in [2.24, 2.45) is 0 Å². The summed E-state index contributed by atoms with van der Waals surface area (Å²) in [6.07, 6.45) is -0.0275. The van der Waals surface area contributed by atoms with Crippen molar-refractivity contribution in [2.75, 3.05) is 6.61 Å². The van der Waals surface area contributed by atoms with Crippen molar-refractivity contribution in [3.05, 3.63) is 23.8 Å². The largest absolute Gasteiger partial charge is 0.508 e. The van der Waals surface area contributed by atoms with Gasteiger partial charge >= 0.3 is 5.97 Å². The van der Waals surface area contributed by atoms with Gasteiger partial charge in [-0.15, -0.1) is 0 Å². The number of hydrogen-bond donors (Lipinski definition) is 3. The number of carbonyl (C=O) groups is 1. The van der Waals surface area contributed by atoms with Gasteiger partial charge in [-0.25, -0.2) is 0 Å². The summed E-state index contributed by atoms with van der Waals surface area (Å²) in [5, 5.41) is 28.0. The van der Waals surface area contributed by atoms with Gasteiger partial charge in [-0.2, -0.15) is 0 Å². The lowest BCUT2D eigenvalue weighted by Gasteiger charge is -2.19. The fourth-order valence-electron chi connectivity index (χ4n) is 1.81. The van der Waals surface area contributed by atoms with Gasteiger partial charge in [0.15, 0.2) is 0 Å². The summed E-state index contributed by atoms with van der Waals surface area (Å²) >= 11 is 0. The molecule has 0 fully saturated rings. The lowest BCUT2D eigenvalue weighted by atomic mass is 9.91. The maximum Gasteiger partial charge on any atom is 0.303 e. The number of aliphatic carboxylic acids is 1. The molecule has 1 unspecified atom stereocenters. The average Bonchev–Trinajstić information content (AvgIpc) is 2.54. The van der Waals surface area contributed by atoms with Crippen molar-refractivity contribution >= 4 is 5.97 Å². The van der Waals surface area contributed by atoms with Crippen molar-refractivity contribution in [3.63, 3.8) is 0 Å². The minimum atomic E-state index is -1.26. The lowest BCUT2D eigenvalue weighted by molar-refractivity contribution is -0.138. The van der Waals surface area contributed by atoms with Crippen molar-refractivity contribution in [1.82, 2.24) is 0 Å². The summed E-state index contributed by atoms with van der Waals surface area (Å²) in [7, 11) is 0. The van der Waals surface area contributed by atoms with Crippen LogP contribution >= 0.6 is 0 Å². The van der Waals surface area contributed by atoms with E-state index < -0.39 is 11.6 Å². The molecule has 5 nitrogen and oxygen atoms in total. The summed E-state index contributed by atoms with van der Waals surface area (Å²) < 4.78 is 5.22. The van der Waals surface area contributed by atoms with E-state index in [9.17, 15) is 15.0 Å². The maximum atomic E-state index is 10.5. The molecule has 1 aliphatic heterocycles. The highest BCUT2D eigenvalue weighted by Gasteiger charge is 2.38. The fourth-order valence-corrected chi connectivity index (χ4v) is 1.81. The predicted octanol–water partition coefficient (Wildman–Crippen LogP) is 0.837. The number of carboxylic acids is 1.